The van der Waals surface area contributed by atoms with Crippen LogP contribution in [0.5, 0.6) is 0 Å². The van der Waals surface area contributed by atoms with Gasteiger partial charge in [-0.1, -0.05) is 24.3 Å². The van der Waals surface area contributed by atoms with Gasteiger partial charge in [-0.15, -0.1) is 0 Å². The summed E-state index contributed by atoms with van der Waals surface area (Å²) in [7, 11) is 1.83. The van der Waals surface area contributed by atoms with Crippen LogP contribution in [0.2, 0.25) is 0 Å². The van der Waals surface area contributed by atoms with Gasteiger partial charge in [0.25, 0.3) is 0 Å². The topological polar surface area (TPSA) is 64.7 Å². The zero-order valence-electron chi connectivity index (χ0n) is 14.2. The molecule has 0 bridgehead atoms. The SMILES string of the molecule is CCn1cc(CC(=O)Nc2cc(-c3ccccc3C)nn2C)cn1. The van der Waals surface area contributed by atoms with Crippen LogP contribution in [0.25, 0.3) is 11.3 Å². The summed E-state index contributed by atoms with van der Waals surface area (Å²) < 4.78 is 3.50. The number of carbonyl (C=O) groups excluding carboxylic acids is 1. The molecule has 3 aromatic rings. The van der Waals surface area contributed by atoms with Crippen LogP contribution in [0.3, 0.4) is 0 Å². The molecule has 124 valence electrons. The highest BCUT2D eigenvalue weighted by Crippen LogP contribution is 2.24. The number of benzene rings is 1. The molecule has 0 saturated heterocycles. The van der Waals surface area contributed by atoms with Gasteiger partial charge in [-0.3, -0.25) is 14.2 Å². The highest BCUT2D eigenvalue weighted by Gasteiger charge is 2.12. The Morgan fingerprint density at radius 2 is 2.08 bits per heavy atom. The maximum Gasteiger partial charge on any atom is 0.230 e. The Bertz CT molecular complexity index is 862. The van der Waals surface area contributed by atoms with Crippen LogP contribution in [0, 0.1) is 6.92 Å². The van der Waals surface area contributed by atoms with Crippen LogP contribution in [0.15, 0.2) is 42.7 Å². The molecule has 1 N–H and O–H groups in total. The molecule has 6 heteroatoms. The van der Waals surface area contributed by atoms with Crippen LogP contribution in [-0.2, 0) is 24.8 Å². The predicted molar refractivity (Wildman–Crippen MR) is 93.6 cm³/mol. The molecule has 0 radical (unpaired) electrons. The number of anilines is 1. The van der Waals surface area contributed by atoms with Crippen molar-refractivity contribution in [3.05, 3.63) is 53.9 Å². The molecule has 0 unspecified atom stereocenters. The molecule has 0 fully saturated rings. The number of rotatable bonds is 5. The zero-order chi connectivity index (χ0) is 17.1. The van der Waals surface area contributed by atoms with Gasteiger partial charge in [-0.2, -0.15) is 10.2 Å². The summed E-state index contributed by atoms with van der Waals surface area (Å²) in [5, 5.41) is 11.6. The highest BCUT2D eigenvalue weighted by atomic mass is 16.1. The zero-order valence-corrected chi connectivity index (χ0v) is 14.2. The van der Waals surface area contributed by atoms with Crippen molar-refractivity contribution in [1.29, 1.82) is 0 Å². The van der Waals surface area contributed by atoms with Crippen molar-refractivity contribution in [1.82, 2.24) is 19.6 Å². The summed E-state index contributed by atoms with van der Waals surface area (Å²) in [6, 6.07) is 9.97. The fraction of sp³-hybridized carbons (Fsp3) is 0.278. The molecular weight excluding hydrogens is 302 g/mol. The normalized spacial score (nSPS) is 10.8. The molecule has 0 aliphatic carbocycles. The Morgan fingerprint density at radius 1 is 1.29 bits per heavy atom. The molecule has 6 nitrogen and oxygen atoms in total. The fourth-order valence-corrected chi connectivity index (χ4v) is 2.62. The average Bonchev–Trinajstić information content (AvgIpc) is 3.15. The molecule has 3 rings (SSSR count). The van der Waals surface area contributed by atoms with E-state index in [0.717, 1.165) is 28.9 Å². The van der Waals surface area contributed by atoms with Crippen molar-refractivity contribution in [2.75, 3.05) is 5.32 Å². The van der Waals surface area contributed by atoms with Gasteiger partial charge >= 0.3 is 0 Å². The number of nitrogens with zero attached hydrogens (tertiary/aromatic N) is 4. The maximum atomic E-state index is 12.3. The quantitative estimate of drug-likeness (QED) is 0.785. The molecule has 2 heterocycles. The molecule has 2 aromatic heterocycles. The van der Waals surface area contributed by atoms with Crippen molar-refractivity contribution in [3.63, 3.8) is 0 Å². The molecule has 0 aliphatic rings. The second-order valence-electron chi connectivity index (χ2n) is 5.78. The van der Waals surface area contributed by atoms with Gasteiger partial charge in [-0.05, 0) is 25.0 Å². The minimum atomic E-state index is -0.0787. The van der Waals surface area contributed by atoms with Crippen LogP contribution in [0.4, 0.5) is 5.82 Å². The van der Waals surface area contributed by atoms with Crippen molar-refractivity contribution in [3.8, 4) is 11.3 Å². The number of aryl methyl sites for hydroxylation is 3. The summed E-state index contributed by atoms with van der Waals surface area (Å²) in [4.78, 5) is 12.3. The first-order valence-corrected chi connectivity index (χ1v) is 7.98. The van der Waals surface area contributed by atoms with Gasteiger partial charge in [0, 0.05) is 31.4 Å². The minimum absolute atomic E-state index is 0.0787. The summed E-state index contributed by atoms with van der Waals surface area (Å²) in [5.74, 6) is 0.603. The van der Waals surface area contributed by atoms with E-state index in [1.165, 1.54) is 0 Å². The lowest BCUT2D eigenvalue weighted by atomic mass is 10.1. The van der Waals surface area contributed by atoms with Crippen molar-refractivity contribution in [2.24, 2.45) is 7.05 Å². The molecule has 0 saturated carbocycles. The first-order chi connectivity index (χ1) is 11.6. The lowest BCUT2D eigenvalue weighted by Gasteiger charge is -2.03. The second-order valence-corrected chi connectivity index (χ2v) is 5.78. The van der Waals surface area contributed by atoms with Crippen molar-refractivity contribution >= 4 is 11.7 Å². The number of aromatic nitrogens is 4. The predicted octanol–water partition coefficient (Wildman–Crippen LogP) is 2.79. The van der Waals surface area contributed by atoms with Gasteiger partial charge < -0.3 is 5.32 Å². The molecule has 1 amide bonds. The number of hydrogen-bond donors (Lipinski definition) is 1. The molecular formula is C18H21N5O. The Labute approximate surface area is 141 Å². The monoisotopic (exact) mass is 323 g/mol. The molecule has 0 spiro atoms. The maximum absolute atomic E-state index is 12.3. The summed E-state index contributed by atoms with van der Waals surface area (Å²) >= 11 is 0. The summed E-state index contributed by atoms with van der Waals surface area (Å²) in [5.41, 5.74) is 3.97. The van der Waals surface area contributed by atoms with Crippen LogP contribution >= 0.6 is 0 Å². The van der Waals surface area contributed by atoms with E-state index < -0.39 is 0 Å². The van der Waals surface area contributed by atoms with Crippen LogP contribution in [-0.4, -0.2) is 25.5 Å². The van der Waals surface area contributed by atoms with E-state index in [4.69, 9.17) is 0 Å². The first kappa shape index (κ1) is 16.0. The standard InChI is InChI=1S/C18H21N5O/c1-4-23-12-14(11-19-23)9-18(24)20-17-10-16(21-22(17)3)15-8-6-5-7-13(15)2/h5-8,10-12H,4,9H2,1-3H3,(H,20,24). The van der Waals surface area contributed by atoms with Gasteiger partial charge in [0.2, 0.25) is 5.91 Å². The summed E-state index contributed by atoms with van der Waals surface area (Å²) in [6.07, 6.45) is 3.91. The smallest absolute Gasteiger partial charge is 0.230 e. The van der Waals surface area contributed by atoms with E-state index in [2.05, 4.69) is 15.5 Å². The van der Waals surface area contributed by atoms with Crippen LogP contribution in [0.1, 0.15) is 18.1 Å². The van der Waals surface area contributed by atoms with E-state index in [0.29, 0.717) is 12.2 Å². The van der Waals surface area contributed by atoms with E-state index in [-0.39, 0.29) is 5.91 Å². The van der Waals surface area contributed by atoms with Crippen LogP contribution < -0.4 is 5.32 Å². The highest BCUT2D eigenvalue weighted by molar-refractivity contribution is 5.92. The van der Waals surface area contributed by atoms with E-state index in [1.54, 1.807) is 10.9 Å². The Kier molecular flexibility index (Phi) is 4.46. The third-order valence-electron chi connectivity index (χ3n) is 3.94. The van der Waals surface area contributed by atoms with Gasteiger partial charge in [0.1, 0.15) is 5.82 Å². The van der Waals surface area contributed by atoms with Gasteiger partial charge in [-0.25, -0.2) is 0 Å². The largest absolute Gasteiger partial charge is 0.311 e. The van der Waals surface area contributed by atoms with E-state index in [1.807, 2.05) is 62.1 Å². The van der Waals surface area contributed by atoms with Gasteiger partial charge in [0.05, 0.1) is 18.3 Å². The van der Waals surface area contributed by atoms with Crippen molar-refractivity contribution in [2.45, 2.75) is 26.8 Å². The molecule has 24 heavy (non-hydrogen) atoms. The number of nitrogens with one attached hydrogen (secondary N) is 1. The van der Waals surface area contributed by atoms with Gasteiger partial charge in [0.15, 0.2) is 0 Å². The second kappa shape index (κ2) is 6.70. The number of amides is 1. The average molecular weight is 323 g/mol. The summed E-state index contributed by atoms with van der Waals surface area (Å²) in [6.45, 7) is 4.86. The van der Waals surface area contributed by atoms with Crippen molar-refractivity contribution < 1.29 is 4.79 Å². The minimum Gasteiger partial charge on any atom is -0.311 e. The third-order valence-corrected chi connectivity index (χ3v) is 3.94. The fourth-order valence-electron chi connectivity index (χ4n) is 2.62. The Hall–Kier alpha value is -2.89. The lowest BCUT2D eigenvalue weighted by Crippen LogP contribution is -2.16. The Morgan fingerprint density at radius 3 is 2.79 bits per heavy atom. The molecule has 0 aliphatic heterocycles. The molecule has 0 atom stereocenters. The first-order valence-electron chi connectivity index (χ1n) is 7.98. The number of hydrogen-bond acceptors (Lipinski definition) is 3. The lowest BCUT2D eigenvalue weighted by molar-refractivity contribution is -0.115. The third kappa shape index (κ3) is 3.37. The van der Waals surface area contributed by atoms with E-state index in [9.17, 15) is 4.79 Å². The number of carbonyl (C=O) groups is 1. The Balaban J connectivity index is 1.73. The van der Waals surface area contributed by atoms with E-state index >= 15 is 0 Å². The molecule has 1 aromatic carbocycles.